The Labute approximate surface area is 201 Å². The van der Waals surface area contributed by atoms with E-state index >= 15 is 0 Å². The van der Waals surface area contributed by atoms with Gasteiger partial charge in [0.1, 0.15) is 10.9 Å². The van der Waals surface area contributed by atoms with Crippen molar-refractivity contribution >= 4 is 68.2 Å². The van der Waals surface area contributed by atoms with E-state index in [1.54, 1.807) is 5.32 Å². The summed E-state index contributed by atoms with van der Waals surface area (Å²) in [6, 6.07) is 5.74. The van der Waals surface area contributed by atoms with Gasteiger partial charge in [0, 0.05) is 11.6 Å². The van der Waals surface area contributed by atoms with E-state index in [0.717, 1.165) is 12.1 Å². The minimum Gasteiger partial charge on any atom is -0.343 e. The Bertz CT molecular complexity index is 1070. The lowest BCUT2D eigenvalue weighted by Crippen LogP contribution is -2.33. The molecule has 2 atom stereocenters. The van der Waals surface area contributed by atoms with Crippen molar-refractivity contribution in [2.75, 3.05) is 11.9 Å². The van der Waals surface area contributed by atoms with Crippen molar-refractivity contribution in [1.82, 2.24) is 5.32 Å². The summed E-state index contributed by atoms with van der Waals surface area (Å²) < 4.78 is 62.4. The molecule has 0 bridgehead atoms. The van der Waals surface area contributed by atoms with Crippen LogP contribution >= 0.6 is 50.7 Å². The fourth-order valence-corrected chi connectivity index (χ4v) is 4.58. The molecular weight excluding hydrogens is 569 g/mol. The second kappa shape index (κ2) is 8.96. The van der Waals surface area contributed by atoms with Crippen LogP contribution in [0.2, 0.25) is 5.02 Å². The van der Waals surface area contributed by atoms with Crippen LogP contribution in [0, 0.1) is 17.6 Å². The zero-order chi connectivity index (χ0) is 24.0. The highest BCUT2D eigenvalue weighted by atomic mass is 79.9. The van der Waals surface area contributed by atoms with Crippen LogP contribution in [0.1, 0.15) is 21.8 Å². The standard InChI is InChI=1S/C19H11BrCl3F5N2O2/c20-10-3-7(4-12(24)15(10)25)13-14(19(13,22)23)17(32)30-8-1-2-11(21)9(5-8)16(31)29-6-18(26,27)28/h1-5,13-14H,6H2,(H,29,31)(H,30,32)/t13-,14-/m1/s1. The van der Waals surface area contributed by atoms with E-state index < -0.39 is 52.3 Å². The van der Waals surface area contributed by atoms with Crippen molar-refractivity contribution < 1.29 is 31.5 Å². The molecule has 0 unspecified atom stereocenters. The Balaban J connectivity index is 1.77. The zero-order valence-electron chi connectivity index (χ0n) is 15.5. The van der Waals surface area contributed by atoms with E-state index in [1.807, 2.05) is 0 Å². The van der Waals surface area contributed by atoms with E-state index in [0.29, 0.717) is 0 Å². The Morgan fingerprint density at radius 1 is 1.12 bits per heavy atom. The quantitative estimate of drug-likeness (QED) is 0.252. The van der Waals surface area contributed by atoms with E-state index in [4.69, 9.17) is 34.8 Å². The summed E-state index contributed by atoms with van der Waals surface area (Å²) >= 11 is 21.1. The van der Waals surface area contributed by atoms with Crippen molar-refractivity contribution in [1.29, 1.82) is 0 Å². The van der Waals surface area contributed by atoms with Gasteiger partial charge in [-0.05, 0) is 51.8 Å². The summed E-state index contributed by atoms with van der Waals surface area (Å²) in [7, 11) is 0. The molecule has 2 amide bonds. The predicted molar refractivity (Wildman–Crippen MR) is 113 cm³/mol. The lowest BCUT2D eigenvalue weighted by molar-refractivity contribution is -0.123. The van der Waals surface area contributed by atoms with Gasteiger partial charge >= 0.3 is 6.18 Å². The summed E-state index contributed by atoms with van der Waals surface area (Å²) in [6.07, 6.45) is -4.62. The molecule has 0 aromatic heterocycles. The molecule has 0 heterocycles. The summed E-state index contributed by atoms with van der Waals surface area (Å²) in [5.41, 5.74) is -0.0735. The minimum atomic E-state index is -4.62. The number of amides is 2. The number of halogens is 9. The topological polar surface area (TPSA) is 58.2 Å². The summed E-state index contributed by atoms with van der Waals surface area (Å²) in [5, 5.41) is 3.99. The molecule has 1 aliphatic rings. The molecule has 0 spiro atoms. The Morgan fingerprint density at radius 3 is 2.38 bits per heavy atom. The first-order chi connectivity index (χ1) is 14.7. The third-order valence-corrected chi connectivity index (χ3v) is 6.48. The van der Waals surface area contributed by atoms with E-state index in [9.17, 15) is 31.5 Å². The van der Waals surface area contributed by atoms with Gasteiger partial charge in [0.05, 0.1) is 21.0 Å². The number of benzene rings is 2. The molecule has 172 valence electrons. The van der Waals surface area contributed by atoms with Crippen LogP contribution in [-0.2, 0) is 4.79 Å². The van der Waals surface area contributed by atoms with Gasteiger partial charge in [0.15, 0.2) is 11.6 Å². The molecule has 4 nitrogen and oxygen atoms in total. The normalized spacial score (nSPS) is 19.4. The Morgan fingerprint density at radius 2 is 1.78 bits per heavy atom. The highest BCUT2D eigenvalue weighted by molar-refractivity contribution is 9.10. The van der Waals surface area contributed by atoms with Gasteiger partial charge < -0.3 is 10.6 Å². The summed E-state index contributed by atoms with van der Waals surface area (Å²) in [4.78, 5) is 24.7. The molecule has 1 aliphatic carbocycles. The van der Waals surface area contributed by atoms with E-state index in [2.05, 4.69) is 21.2 Å². The monoisotopic (exact) mass is 578 g/mol. The lowest BCUT2D eigenvalue weighted by atomic mass is 10.1. The number of rotatable bonds is 5. The number of carbonyl (C=O) groups is 2. The van der Waals surface area contributed by atoms with Crippen LogP contribution in [0.15, 0.2) is 34.8 Å². The first kappa shape index (κ1) is 25.0. The molecular formula is C19H11BrCl3F5N2O2. The molecule has 3 rings (SSSR count). The van der Waals surface area contributed by atoms with Crippen LogP contribution in [0.25, 0.3) is 0 Å². The highest BCUT2D eigenvalue weighted by Gasteiger charge is 2.67. The molecule has 1 fully saturated rings. The maximum absolute atomic E-state index is 13.7. The van der Waals surface area contributed by atoms with Crippen molar-refractivity contribution in [2.45, 2.75) is 16.4 Å². The van der Waals surface area contributed by atoms with Gasteiger partial charge in [-0.15, -0.1) is 23.2 Å². The zero-order valence-corrected chi connectivity index (χ0v) is 19.3. The minimum absolute atomic E-state index is 0.0396. The molecule has 2 N–H and O–H groups in total. The van der Waals surface area contributed by atoms with E-state index in [-0.39, 0.29) is 26.3 Å². The molecule has 32 heavy (non-hydrogen) atoms. The molecule has 1 saturated carbocycles. The van der Waals surface area contributed by atoms with Gasteiger partial charge in [0.2, 0.25) is 5.91 Å². The van der Waals surface area contributed by atoms with Crippen molar-refractivity contribution in [3.05, 3.63) is 62.6 Å². The van der Waals surface area contributed by atoms with Gasteiger partial charge in [-0.25, -0.2) is 8.78 Å². The van der Waals surface area contributed by atoms with Crippen molar-refractivity contribution in [2.24, 2.45) is 5.92 Å². The van der Waals surface area contributed by atoms with Crippen LogP contribution in [-0.4, -0.2) is 28.9 Å². The van der Waals surface area contributed by atoms with Crippen LogP contribution in [0.3, 0.4) is 0 Å². The predicted octanol–water partition coefficient (Wildman–Crippen LogP) is 6.20. The van der Waals surface area contributed by atoms with Crippen LogP contribution in [0.5, 0.6) is 0 Å². The van der Waals surface area contributed by atoms with Gasteiger partial charge in [-0.1, -0.05) is 11.6 Å². The molecule has 0 radical (unpaired) electrons. The lowest BCUT2D eigenvalue weighted by Gasteiger charge is -2.11. The second-order valence-corrected chi connectivity index (χ2v) is 9.62. The molecule has 13 heteroatoms. The SMILES string of the molecule is O=C(NCC(F)(F)F)c1cc(NC(=O)[C@H]2[C@@H](c3cc(F)c(F)c(Br)c3)C2(Cl)Cl)ccc1Cl. The smallest absolute Gasteiger partial charge is 0.343 e. The average Bonchev–Trinajstić information content (AvgIpc) is 3.27. The van der Waals surface area contributed by atoms with Gasteiger partial charge in [0.25, 0.3) is 5.91 Å². The molecule has 0 saturated heterocycles. The van der Waals surface area contributed by atoms with Crippen molar-refractivity contribution in [3.63, 3.8) is 0 Å². The third-order valence-electron chi connectivity index (χ3n) is 4.63. The number of carbonyl (C=O) groups excluding carboxylic acids is 2. The summed E-state index contributed by atoms with van der Waals surface area (Å²) in [5.74, 6) is -5.98. The number of anilines is 1. The number of hydrogen-bond donors (Lipinski definition) is 2. The van der Waals surface area contributed by atoms with Gasteiger partial charge in [-0.2, -0.15) is 13.2 Å². The second-order valence-electron chi connectivity index (χ2n) is 6.91. The highest BCUT2D eigenvalue weighted by Crippen LogP contribution is 2.65. The van der Waals surface area contributed by atoms with Crippen LogP contribution in [0.4, 0.5) is 27.6 Å². The first-order valence-electron chi connectivity index (χ1n) is 8.70. The first-order valence-corrected chi connectivity index (χ1v) is 10.6. The van der Waals surface area contributed by atoms with Crippen LogP contribution < -0.4 is 10.6 Å². The number of nitrogens with one attached hydrogen (secondary N) is 2. The Hall–Kier alpha value is -1.62. The number of alkyl halides is 5. The molecule has 0 aliphatic heterocycles. The van der Waals surface area contributed by atoms with Gasteiger partial charge in [-0.3, -0.25) is 9.59 Å². The largest absolute Gasteiger partial charge is 0.405 e. The maximum atomic E-state index is 13.7. The molecule has 2 aromatic rings. The average molecular weight is 581 g/mol. The molecule has 2 aromatic carbocycles. The van der Waals surface area contributed by atoms with E-state index in [1.165, 1.54) is 18.2 Å². The maximum Gasteiger partial charge on any atom is 0.405 e. The van der Waals surface area contributed by atoms with Crippen molar-refractivity contribution in [3.8, 4) is 0 Å². The fraction of sp³-hybridized carbons (Fsp3) is 0.263. The summed E-state index contributed by atoms with van der Waals surface area (Å²) in [6.45, 7) is -1.56. The fourth-order valence-electron chi connectivity index (χ4n) is 3.10. The number of hydrogen-bond acceptors (Lipinski definition) is 2. The Kier molecular flexibility index (Phi) is 7.01. The third kappa shape index (κ3) is 5.30.